The topological polar surface area (TPSA) is 104 Å². The summed E-state index contributed by atoms with van der Waals surface area (Å²) >= 11 is 4.58. The molecule has 0 N–H and O–H groups in total. The first-order chi connectivity index (χ1) is 16.2. The van der Waals surface area contributed by atoms with Crippen LogP contribution in [-0.4, -0.2) is 30.6 Å². The van der Waals surface area contributed by atoms with Crippen molar-refractivity contribution in [1.29, 1.82) is 0 Å². The van der Waals surface area contributed by atoms with Crippen molar-refractivity contribution in [2.24, 2.45) is 0 Å². The summed E-state index contributed by atoms with van der Waals surface area (Å²) in [6.07, 6.45) is 0. The van der Waals surface area contributed by atoms with Crippen molar-refractivity contribution >= 4 is 34.9 Å². The fourth-order valence-corrected chi connectivity index (χ4v) is 6.26. The van der Waals surface area contributed by atoms with Crippen LogP contribution in [0.15, 0.2) is 78.2 Å². The first-order valence-electron chi connectivity index (χ1n) is 10.1. The van der Waals surface area contributed by atoms with E-state index in [-0.39, 0.29) is 10.5 Å². The molecule has 0 aliphatic heterocycles. The van der Waals surface area contributed by atoms with Crippen LogP contribution in [0.4, 0.5) is 0 Å². The molecule has 5 rings (SSSR count). The monoisotopic (exact) mass is 494 g/mol. The molecule has 0 aliphatic rings. The molecule has 3 aromatic heterocycles. The Morgan fingerprint density at radius 1 is 0.606 bits per heavy atom. The molecule has 2 atom stereocenters. The number of hydrogen-bond donors (Lipinski definition) is 0. The van der Waals surface area contributed by atoms with Gasteiger partial charge in [-0.15, -0.1) is 30.6 Å². The minimum Gasteiger partial charge on any atom is -0.419 e. The number of benzene rings is 2. The minimum atomic E-state index is -0.0532. The van der Waals surface area contributed by atoms with E-state index in [2.05, 4.69) is 30.6 Å². The van der Waals surface area contributed by atoms with Gasteiger partial charge in [0.05, 0.1) is 10.5 Å². The van der Waals surface area contributed by atoms with Crippen LogP contribution in [0.5, 0.6) is 0 Å². The first kappa shape index (κ1) is 21.8. The van der Waals surface area contributed by atoms with Crippen LogP contribution >= 0.6 is 34.9 Å². The summed E-state index contributed by atoms with van der Waals surface area (Å²) in [7, 11) is 0. The molecule has 5 aromatic rings. The lowest BCUT2D eigenvalue weighted by Crippen LogP contribution is -1.88. The van der Waals surface area contributed by atoms with Crippen molar-refractivity contribution in [2.45, 2.75) is 33.0 Å². The summed E-state index contributed by atoms with van der Waals surface area (Å²) in [6.45, 7) is 4.01. The Labute approximate surface area is 202 Å². The molecule has 11 heteroatoms. The fourth-order valence-electron chi connectivity index (χ4n) is 2.89. The third-order valence-electron chi connectivity index (χ3n) is 4.56. The molecule has 3 heterocycles. The molecule has 0 bridgehead atoms. The Balaban J connectivity index is 1.21. The second kappa shape index (κ2) is 9.86. The van der Waals surface area contributed by atoms with E-state index in [0.29, 0.717) is 23.6 Å². The lowest BCUT2D eigenvalue weighted by atomic mass is 10.2. The molecule has 8 nitrogen and oxygen atoms in total. The lowest BCUT2D eigenvalue weighted by Gasteiger charge is -2.03. The van der Waals surface area contributed by atoms with Crippen LogP contribution in [0.2, 0.25) is 0 Å². The maximum Gasteiger partial charge on any atom is 0.247 e. The third kappa shape index (κ3) is 5.15. The fraction of sp³-hybridized carbons (Fsp3) is 0.182. The molecule has 0 amide bonds. The predicted molar refractivity (Wildman–Crippen MR) is 128 cm³/mol. The highest BCUT2D eigenvalue weighted by Gasteiger charge is 2.21. The number of hydrogen-bond acceptors (Lipinski definition) is 11. The van der Waals surface area contributed by atoms with Crippen molar-refractivity contribution < 1.29 is 8.83 Å². The average molecular weight is 495 g/mol. The van der Waals surface area contributed by atoms with Crippen LogP contribution in [0.3, 0.4) is 0 Å². The normalized spacial score (nSPS) is 13.2. The predicted octanol–water partition coefficient (Wildman–Crippen LogP) is 6.34. The van der Waals surface area contributed by atoms with Gasteiger partial charge in [-0.1, -0.05) is 71.3 Å². The van der Waals surface area contributed by atoms with Gasteiger partial charge in [-0.25, -0.2) is 0 Å². The first-order valence-corrected chi connectivity index (χ1v) is 12.7. The van der Waals surface area contributed by atoms with Crippen LogP contribution in [-0.2, 0) is 0 Å². The highest BCUT2D eigenvalue weighted by Crippen LogP contribution is 2.41. The lowest BCUT2D eigenvalue weighted by molar-refractivity contribution is 0.509. The van der Waals surface area contributed by atoms with Gasteiger partial charge in [-0.2, -0.15) is 0 Å². The van der Waals surface area contributed by atoms with Gasteiger partial charge in [0.25, 0.3) is 0 Å². The number of nitrogens with zero attached hydrogens (tertiary/aromatic N) is 6. The maximum absolute atomic E-state index is 5.85. The maximum atomic E-state index is 5.85. The third-order valence-corrected chi connectivity index (χ3v) is 7.83. The van der Waals surface area contributed by atoms with E-state index >= 15 is 0 Å². The summed E-state index contributed by atoms with van der Waals surface area (Å²) in [4.78, 5) is 0. The summed E-state index contributed by atoms with van der Waals surface area (Å²) < 4.78 is 13.4. The van der Waals surface area contributed by atoms with Crippen LogP contribution < -0.4 is 0 Å². The van der Waals surface area contributed by atoms with Gasteiger partial charge in [0.2, 0.25) is 23.6 Å². The van der Waals surface area contributed by atoms with Gasteiger partial charge in [-0.05, 0) is 38.1 Å². The molecule has 0 fully saturated rings. The summed E-state index contributed by atoms with van der Waals surface area (Å²) in [5, 5.41) is 25.2. The van der Waals surface area contributed by atoms with Crippen molar-refractivity contribution in [1.82, 2.24) is 30.6 Å². The molecular formula is C22H18N6O2S3. The van der Waals surface area contributed by atoms with Crippen LogP contribution in [0, 0.1) is 0 Å². The van der Waals surface area contributed by atoms with Gasteiger partial charge in [0.15, 0.2) is 8.68 Å². The van der Waals surface area contributed by atoms with E-state index in [4.69, 9.17) is 8.83 Å². The molecular weight excluding hydrogens is 476 g/mol. The SMILES string of the molecule is C[C@H](Sc1nnc(S[C@@H](C)c2nnc(-c3ccccc3)o2)s1)c1nnc(-c2ccccc2)o1. The highest BCUT2D eigenvalue weighted by molar-refractivity contribution is 8.03. The minimum absolute atomic E-state index is 0.0532. The van der Waals surface area contributed by atoms with Gasteiger partial charge in [0.1, 0.15) is 0 Å². The summed E-state index contributed by atoms with van der Waals surface area (Å²) in [5.41, 5.74) is 1.79. The Morgan fingerprint density at radius 2 is 1.03 bits per heavy atom. The van der Waals surface area contributed by atoms with Crippen molar-refractivity contribution in [3.63, 3.8) is 0 Å². The van der Waals surface area contributed by atoms with Crippen molar-refractivity contribution in [3.05, 3.63) is 72.4 Å². The van der Waals surface area contributed by atoms with Crippen molar-refractivity contribution in [2.75, 3.05) is 0 Å². The zero-order valence-corrected chi connectivity index (χ0v) is 20.1. The van der Waals surface area contributed by atoms with E-state index < -0.39 is 0 Å². The molecule has 166 valence electrons. The smallest absolute Gasteiger partial charge is 0.247 e. The van der Waals surface area contributed by atoms with E-state index in [1.807, 2.05) is 74.5 Å². The molecule has 0 aliphatic carbocycles. The van der Waals surface area contributed by atoms with Crippen LogP contribution in [0.25, 0.3) is 22.9 Å². The zero-order chi connectivity index (χ0) is 22.6. The largest absolute Gasteiger partial charge is 0.419 e. The highest BCUT2D eigenvalue weighted by atomic mass is 32.2. The Morgan fingerprint density at radius 3 is 1.45 bits per heavy atom. The molecule has 0 saturated carbocycles. The molecule has 0 radical (unpaired) electrons. The van der Waals surface area contributed by atoms with E-state index in [1.54, 1.807) is 0 Å². The van der Waals surface area contributed by atoms with Crippen LogP contribution in [0.1, 0.15) is 36.1 Å². The van der Waals surface area contributed by atoms with Gasteiger partial charge >= 0.3 is 0 Å². The molecule has 0 spiro atoms. The Bertz CT molecular complexity index is 1220. The van der Waals surface area contributed by atoms with E-state index in [0.717, 1.165) is 19.8 Å². The van der Waals surface area contributed by atoms with E-state index in [1.165, 1.54) is 34.9 Å². The Hall–Kier alpha value is -3.02. The zero-order valence-electron chi connectivity index (χ0n) is 17.7. The number of thioether (sulfide) groups is 2. The van der Waals surface area contributed by atoms with Crippen molar-refractivity contribution in [3.8, 4) is 22.9 Å². The number of aromatic nitrogens is 6. The van der Waals surface area contributed by atoms with Gasteiger partial charge in [-0.3, -0.25) is 0 Å². The molecule has 0 saturated heterocycles. The molecule has 2 aromatic carbocycles. The second-order valence-electron chi connectivity index (χ2n) is 6.98. The quantitative estimate of drug-likeness (QED) is 0.227. The van der Waals surface area contributed by atoms with E-state index in [9.17, 15) is 0 Å². The second-order valence-corrected chi connectivity index (χ2v) is 11.1. The average Bonchev–Trinajstić information content (AvgIpc) is 3.61. The Kier molecular flexibility index (Phi) is 6.51. The van der Waals surface area contributed by atoms with Gasteiger partial charge in [0, 0.05) is 11.1 Å². The number of rotatable bonds is 8. The van der Waals surface area contributed by atoms with Gasteiger partial charge < -0.3 is 8.83 Å². The summed E-state index contributed by atoms with van der Waals surface area (Å²) in [6, 6.07) is 19.4. The summed E-state index contributed by atoms with van der Waals surface area (Å²) in [5.74, 6) is 2.12. The molecule has 33 heavy (non-hydrogen) atoms. The molecule has 0 unspecified atom stereocenters. The standard InChI is InChI=1S/C22H18N6O2S3/c1-13(17-23-25-19(29-17)15-9-5-3-6-10-15)31-21-27-28-22(33-21)32-14(2)18-24-26-20(30-18)16-11-7-4-8-12-16/h3-14H,1-2H3/t13-,14-/m0/s1.